The minimum atomic E-state index is -6.88. The fraction of sp³-hybridized carbons (Fsp3) is 0.417. The van der Waals surface area contributed by atoms with Crippen LogP contribution in [-0.4, -0.2) is 40.2 Å². The van der Waals surface area contributed by atoms with Crippen molar-refractivity contribution >= 4 is 39.9 Å². The summed E-state index contributed by atoms with van der Waals surface area (Å²) in [7, 11) is 0. The van der Waals surface area contributed by atoms with E-state index in [-0.39, 0.29) is 3.57 Å². The van der Waals surface area contributed by atoms with E-state index in [0.717, 1.165) is 5.32 Å². The van der Waals surface area contributed by atoms with Crippen LogP contribution in [0.4, 0.5) is 50.9 Å². The quantitative estimate of drug-likeness (QED) is 0.277. The molecule has 0 spiro atoms. The summed E-state index contributed by atoms with van der Waals surface area (Å²) >= 11 is 1.24. The van der Waals surface area contributed by atoms with E-state index in [2.05, 4.69) is 0 Å². The van der Waals surface area contributed by atoms with Crippen molar-refractivity contribution in [1.29, 1.82) is 0 Å². The van der Waals surface area contributed by atoms with E-state index >= 15 is 0 Å². The van der Waals surface area contributed by atoms with E-state index in [1.54, 1.807) is 0 Å². The van der Waals surface area contributed by atoms with Crippen LogP contribution >= 0.6 is 22.6 Å². The second-order valence-electron chi connectivity index (χ2n) is 5.33. The Balaban J connectivity index is 2.53. The van der Waals surface area contributed by atoms with Gasteiger partial charge in [-0.25, -0.2) is 4.39 Å². The Hall–Kier alpha value is -1.81. The van der Waals surface area contributed by atoms with Crippen LogP contribution in [0, 0.1) is 13.7 Å². The maximum atomic E-state index is 14.3. The summed E-state index contributed by atoms with van der Waals surface area (Å²) in [6, 6.07) is 1.91. The van der Waals surface area contributed by atoms with Crippen LogP contribution in [0.15, 0.2) is 18.2 Å². The molecule has 1 N–H and O–H groups in total. The molecule has 5 nitrogen and oxygen atoms in total. The average Bonchev–Trinajstić information content (AvgIpc) is 2.58. The Morgan fingerprint density at radius 1 is 0.926 bits per heavy atom. The van der Waals surface area contributed by atoms with Gasteiger partial charge in [-0.05, 0) is 28.7 Å². The van der Waals surface area contributed by atoms with Crippen LogP contribution in [0.2, 0.25) is 0 Å². The molecule has 1 fully saturated rings. The van der Waals surface area contributed by atoms with Gasteiger partial charge < -0.3 is 5.32 Å². The summed E-state index contributed by atoms with van der Waals surface area (Å²) in [5.41, 5.74) is -7.70. The molecule has 15 heteroatoms. The molecule has 1 aromatic rings. The first kappa shape index (κ1) is 21.5. The highest BCUT2D eigenvalue weighted by molar-refractivity contribution is 14.1. The Labute approximate surface area is 156 Å². The number of amides is 1. The molecule has 0 aliphatic heterocycles. The van der Waals surface area contributed by atoms with Gasteiger partial charge in [-0.2, -0.15) is 35.1 Å². The lowest BCUT2D eigenvalue weighted by Gasteiger charge is -2.29. The van der Waals surface area contributed by atoms with Crippen LogP contribution in [0.5, 0.6) is 0 Å². The number of rotatable bonds is 3. The lowest BCUT2D eigenvalue weighted by molar-refractivity contribution is -0.384. The normalized spacial score (nSPS) is 23.6. The molecule has 27 heavy (non-hydrogen) atoms. The second kappa shape index (κ2) is 5.84. The third-order valence-corrected chi connectivity index (χ3v) is 4.67. The molecule has 1 aliphatic carbocycles. The first-order valence-electron chi connectivity index (χ1n) is 6.42. The highest BCUT2D eigenvalue weighted by Crippen LogP contribution is 2.69. The molecular weight excluding hydrogens is 518 g/mol. The molecule has 0 bridgehead atoms. The van der Waals surface area contributed by atoms with E-state index < -0.39 is 51.6 Å². The summed E-state index contributed by atoms with van der Waals surface area (Å²) in [6.07, 6.45) is 0. The zero-order valence-electron chi connectivity index (χ0n) is 12.2. The monoisotopic (exact) mass is 522 g/mol. The van der Waals surface area contributed by atoms with E-state index in [1.807, 2.05) is 0 Å². The summed E-state index contributed by atoms with van der Waals surface area (Å²) < 4.78 is 121. The SMILES string of the molecule is O=C(Nc1ccc([N+](=O)[O-])cc1I)C1(F)C(F)(F)C(F)(F)C(F)(F)C1(F)F. The molecule has 150 valence electrons. The van der Waals surface area contributed by atoms with Crippen molar-refractivity contribution < 1.29 is 49.2 Å². The van der Waals surface area contributed by atoms with Gasteiger partial charge in [0.2, 0.25) is 0 Å². The van der Waals surface area contributed by atoms with Crippen molar-refractivity contribution in [2.75, 3.05) is 5.32 Å². The number of halogens is 10. The number of nitro groups is 1. The average molecular weight is 522 g/mol. The van der Waals surface area contributed by atoms with E-state index in [9.17, 15) is 54.4 Å². The second-order valence-corrected chi connectivity index (χ2v) is 6.49. The summed E-state index contributed by atoms with van der Waals surface area (Å²) in [6.45, 7) is 0. The van der Waals surface area contributed by atoms with Gasteiger partial charge >= 0.3 is 29.4 Å². The maximum Gasteiger partial charge on any atom is 0.382 e. The van der Waals surface area contributed by atoms with Crippen LogP contribution in [0.25, 0.3) is 0 Å². The number of non-ortho nitro benzene ring substituents is 1. The number of carbonyl (C=O) groups excluding carboxylic acids is 1. The zero-order chi connectivity index (χ0) is 21.2. The van der Waals surface area contributed by atoms with Gasteiger partial charge in [-0.3, -0.25) is 14.9 Å². The fourth-order valence-electron chi connectivity index (χ4n) is 2.24. The molecule has 0 saturated heterocycles. The molecule has 0 radical (unpaired) electrons. The van der Waals surface area contributed by atoms with Gasteiger partial charge in [0, 0.05) is 15.7 Å². The predicted octanol–water partition coefficient (Wildman–Crippen LogP) is 4.40. The largest absolute Gasteiger partial charge is 0.382 e. The summed E-state index contributed by atoms with van der Waals surface area (Å²) in [5, 5.41) is 11.6. The number of alkyl halides is 9. The number of hydrogen-bond donors (Lipinski definition) is 1. The molecule has 2 rings (SSSR count). The van der Waals surface area contributed by atoms with Crippen molar-refractivity contribution in [1.82, 2.24) is 0 Å². The van der Waals surface area contributed by atoms with Gasteiger partial charge in [-0.15, -0.1) is 0 Å². The number of anilines is 1. The van der Waals surface area contributed by atoms with Crippen molar-refractivity contribution in [3.63, 3.8) is 0 Å². The molecule has 1 aromatic carbocycles. The molecule has 0 aromatic heterocycles. The van der Waals surface area contributed by atoms with Crippen molar-refractivity contribution in [2.45, 2.75) is 29.4 Å². The first-order chi connectivity index (χ1) is 12.0. The number of nitro benzene ring substituents is 1. The Morgan fingerprint density at radius 2 is 1.37 bits per heavy atom. The maximum absolute atomic E-state index is 14.3. The van der Waals surface area contributed by atoms with Gasteiger partial charge in [0.25, 0.3) is 11.6 Å². The molecule has 1 saturated carbocycles. The lowest BCUT2D eigenvalue weighted by atomic mass is 9.95. The first-order valence-corrected chi connectivity index (χ1v) is 7.50. The lowest BCUT2D eigenvalue weighted by Crippen LogP contribution is -2.62. The van der Waals surface area contributed by atoms with Crippen LogP contribution < -0.4 is 5.32 Å². The smallest absolute Gasteiger partial charge is 0.322 e. The molecule has 1 aliphatic rings. The van der Waals surface area contributed by atoms with Gasteiger partial charge in [0.1, 0.15) is 0 Å². The predicted molar refractivity (Wildman–Crippen MR) is 78.1 cm³/mol. The number of hydrogen-bond acceptors (Lipinski definition) is 3. The standard InChI is InChI=1S/C12H4F9IN2O3/c13-8(9(14,15)11(18,19)12(20,21)10(8,16)17)7(25)23-6-2-1-4(24(26)27)3-5(6)22/h1-3H,(H,23,25). The Kier molecular flexibility index (Phi) is 4.65. The highest BCUT2D eigenvalue weighted by Gasteiger charge is 3.02. The Morgan fingerprint density at radius 3 is 1.74 bits per heavy atom. The van der Waals surface area contributed by atoms with Gasteiger partial charge in [-0.1, -0.05) is 0 Å². The summed E-state index contributed by atoms with van der Waals surface area (Å²) in [4.78, 5) is 21.3. The van der Waals surface area contributed by atoms with Crippen LogP contribution in [-0.2, 0) is 4.79 Å². The fourth-order valence-corrected chi connectivity index (χ4v) is 2.87. The third kappa shape index (κ3) is 2.42. The van der Waals surface area contributed by atoms with Gasteiger partial charge in [0.15, 0.2) is 0 Å². The molecular formula is C12H4F9IN2O3. The van der Waals surface area contributed by atoms with Gasteiger partial charge in [0.05, 0.1) is 10.6 Å². The third-order valence-electron chi connectivity index (χ3n) is 3.77. The molecule has 0 atom stereocenters. The number of nitrogens with zero attached hydrogens (tertiary/aromatic N) is 1. The zero-order valence-corrected chi connectivity index (χ0v) is 14.3. The minimum Gasteiger partial charge on any atom is -0.322 e. The molecule has 1 amide bonds. The van der Waals surface area contributed by atoms with Crippen LogP contribution in [0.3, 0.4) is 0 Å². The van der Waals surface area contributed by atoms with E-state index in [4.69, 9.17) is 0 Å². The number of nitrogens with one attached hydrogen (secondary N) is 1. The minimum absolute atomic E-state index is 0.373. The topological polar surface area (TPSA) is 72.2 Å². The van der Waals surface area contributed by atoms with E-state index in [0.29, 0.717) is 18.2 Å². The van der Waals surface area contributed by atoms with Crippen molar-refractivity contribution in [3.8, 4) is 0 Å². The molecule has 0 heterocycles. The number of carbonyl (C=O) groups is 1. The number of benzene rings is 1. The highest BCUT2D eigenvalue weighted by atomic mass is 127. The Bertz CT molecular complexity index is 804. The summed E-state index contributed by atoms with van der Waals surface area (Å²) in [5.74, 6) is -30.5. The van der Waals surface area contributed by atoms with Crippen molar-refractivity contribution in [3.05, 3.63) is 31.9 Å². The van der Waals surface area contributed by atoms with Crippen LogP contribution in [0.1, 0.15) is 0 Å². The van der Waals surface area contributed by atoms with Crippen molar-refractivity contribution in [2.24, 2.45) is 0 Å². The van der Waals surface area contributed by atoms with E-state index in [1.165, 1.54) is 22.6 Å². The molecule has 0 unspecified atom stereocenters.